The van der Waals surface area contributed by atoms with Crippen LogP contribution in [-0.4, -0.2) is 19.1 Å². The smallest absolute Gasteiger partial charge is 0.0714 e. The molecule has 20 aromatic carbocycles. The summed E-state index contributed by atoms with van der Waals surface area (Å²) in [7, 11) is 0. The van der Waals surface area contributed by atoms with Crippen LogP contribution in [0, 0.1) is 0 Å². The van der Waals surface area contributed by atoms with E-state index < -0.39 is 0 Å². The van der Waals surface area contributed by atoms with Crippen LogP contribution in [-0.2, 0) is 0 Å². The first-order valence-corrected chi connectivity index (χ1v) is 40.6. The molecule has 4 heterocycles. The number of fused-ring (bicyclic) bond motifs is 16. The molecule has 0 aliphatic heterocycles. The summed E-state index contributed by atoms with van der Waals surface area (Å²) in [4.78, 5) is 9.66. The first kappa shape index (κ1) is 68.0. The molecule has 0 amide bonds. The molecule has 0 N–H and O–H groups in total. The molecule has 4 heteroatoms. The van der Waals surface area contributed by atoms with Gasteiger partial charge in [-0.2, -0.15) is 0 Å². The van der Waals surface area contributed by atoms with Crippen molar-refractivity contribution in [3.8, 4) is 100 Å². The van der Waals surface area contributed by atoms with E-state index in [9.17, 15) is 0 Å². The molecule has 0 fully saturated rings. The first-order chi connectivity index (χ1) is 58.6. The lowest BCUT2D eigenvalue weighted by atomic mass is 9.84. The van der Waals surface area contributed by atoms with Crippen molar-refractivity contribution in [2.45, 2.75) is 0 Å². The van der Waals surface area contributed by atoms with Gasteiger partial charge in [0.1, 0.15) is 0 Å². The van der Waals surface area contributed by atoms with Gasteiger partial charge in [0.25, 0.3) is 0 Å². The molecule has 0 spiro atoms. The summed E-state index contributed by atoms with van der Waals surface area (Å²) < 4.78 is 4.79. The lowest BCUT2D eigenvalue weighted by Gasteiger charge is -2.20. The third-order valence-electron chi connectivity index (χ3n) is 24.5. The molecule has 548 valence electrons. The Morgan fingerprint density at radius 3 is 0.720 bits per heavy atom. The number of hydrogen-bond acceptors (Lipinski definition) is 2. The van der Waals surface area contributed by atoms with Crippen LogP contribution in [0.5, 0.6) is 0 Å². The fraction of sp³-hybridized carbons (Fsp3) is 0. The topological polar surface area (TPSA) is 35.6 Å². The summed E-state index contributed by atoms with van der Waals surface area (Å²) in [6.07, 6.45) is 3.79. The first-order valence-electron chi connectivity index (χ1n) is 40.6. The van der Waals surface area contributed by atoms with Crippen LogP contribution >= 0.6 is 0 Å². The number of nitrogens with zero attached hydrogens (tertiary/aromatic N) is 4. The number of benzene rings is 20. The van der Waals surface area contributed by atoms with E-state index in [2.05, 4.69) is 422 Å². The van der Waals surface area contributed by atoms with Crippen LogP contribution in [0.1, 0.15) is 0 Å². The predicted octanol–water partition coefficient (Wildman–Crippen LogP) is 30.9. The van der Waals surface area contributed by atoms with Gasteiger partial charge in [-0.3, -0.25) is 9.97 Å². The molecule has 0 bridgehead atoms. The molecule has 0 unspecified atom stereocenters. The van der Waals surface area contributed by atoms with Crippen molar-refractivity contribution in [3.05, 3.63) is 437 Å². The number of hydrogen-bond donors (Lipinski definition) is 0. The highest BCUT2D eigenvalue weighted by atomic mass is 15.0. The van der Waals surface area contributed by atoms with E-state index in [0.717, 1.165) is 28.0 Å². The van der Waals surface area contributed by atoms with Crippen LogP contribution < -0.4 is 0 Å². The van der Waals surface area contributed by atoms with Gasteiger partial charge in [-0.05, 0) is 239 Å². The lowest BCUT2D eigenvalue weighted by molar-refractivity contribution is 1.18. The Kier molecular flexibility index (Phi) is 16.2. The van der Waals surface area contributed by atoms with Crippen LogP contribution in [0.3, 0.4) is 0 Å². The minimum absolute atomic E-state index is 0.995. The highest BCUT2D eigenvalue weighted by Gasteiger charge is 2.24. The molecule has 0 atom stereocenters. The van der Waals surface area contributed by atoms with E-state index >= 15 is 0 Å². The van der Waals surface area contributed by atoms with Gasteiger partial charge in [-0.15, -0.1) is 0 Å². The quantitative estimate of drug-likeness (QED) is 0.101. The number of rotatable bonds is 10. The Morgan fingerprint density at radius 1 is 0.144 bits per heavy atom. The van der Waals surface area contributed by atoms with Gasteiger partial charge in [0.05, 0.1) is 33.1 Å². The van der Waals surface area contributed by atoms with Gasteiger partial charge in [0.2, 0.25) is 0 Å². The van der Waals surface area contributed by atoms with Crippen LogP contribution in [0.15, 0.2) is 437 Å². The molecule has 4 nitrogen and oxygen atoms in total. The Bertz CT molecular complexity index is 8020. The van der Waals surface area contributed by atoms with E-state index in [4.69, 9.17) is 9.97 Å². The van der Waals surface area contributed by atoms with Crippen molar-refractivity contribution in [2.24, 2.45) is 0 Å². The van der Waals surface area contributed by atoms with Gasteiger partial charge in [0.15, 0.2) is 0 Å². The molecular weight excluding hydrogens is 1430 g/mol. The average molecular weight is 1500 g/mol. The number of aromatic nitrogens is 4. The number of pyridine rings is 2. The van der Waals surface area contributed by atoms with Crippen molar-refractivity contribution in [2.75, 3.05) is 0 Å². The van der Waals surface area contributed by atoms with Gasteiger partial charge in [-0.25, -0.2) is 0 Å². The zero-order valence-electron chi connectivity index (χ0n) is 64.4. The maximum Gasteiger partial charge on any atom is 0.0714 e. The Morgan fingerprint density at radius 2 is 0.381 bits per heavy atom. The Labute approximate surface area is 682 Å². The van der Waals surface area contributed by atoms with Crippen molar-refractivity contribution in [1.29, 1.82) is 0 Å². The second-order valence-electron chi connectivity index (χ2n) is 30.9. The van der Waals surface area contributed by atoms with E-state index in [-0.39, 0.29) is 0 Å². The fourth-order valence-electron chi connectivity index (χ4n) is 19.1. The maximum atomic E-state index is 4.86. The van der Waals surface area contributed by atoms with Crippen molar-refractivity contribution >= 4 is 130 Å². The van der Waals surface area contributed by atoms with Gasteiger partial charge in [0, 0.05) is 56.1 Å². The molecule has 118 heavy (non-hydrogen) atoms. The minimum Gasteiger partial charge on any atom is -0.309 e. The second-order valence-corrected chi connectivity index (χ2v) is 30.9. The largest absolute Gasteiger partial charge is 0.309 e. The van der Waals surface area contributed by atoms with E-state index in [1.807, 2.05) is 24.5 Å². The van der Waals surface area contributed by atoms with Gasteiger partial charge >= 0.3 is 0 Å². The number of para-hydroxylation sites is 4. The molecule has 0 saturated heterocycles. The summed E-state index contributed by atoms with van der Waals surface area (Å²) in [5.74, 6) is 0. The minimum atomic E-state index is 0.995. The Hall–Kier alpha value is -15.6. The zero-order chi connectivity index (χ0) is 77.7. The molecular formula is C114H72N4. The van der Waals surface area contributed by atoms with Gasteiger partial charge < -0.3 is 9.13 Å². The summed E-state index contributed by atoms with van der Waals surface area (Å²) in [5, 5.41) is 22.1. The highest BCUT2D eigenvalue weighted by molar-refractivity contribution is 6.25. The summed E-state index contributed by atoms with van der Waals surface area (Å²) in [5.41, 5.74) is 28.4. The second kappa shape index (κ2) is 28.2. The van der Waals surface area contributed by atoms with Crippen molar-refractivity contribution < 1.29 is 0 Å². The third-order valence-corrected chi connectivity index (χ3v) is 24.5. The maximum absolute atomic E-state index is 4.86. The summed E-state index contributed by atoms with van der Waals surface area (Å²) >= 11 is 0. The van der Waals surface area contributed by atoms with Crippen LogP contribution in [0.2, 0.25) is 0 Å². The SMILES string of the molecule is c1ccc(-c2ccc(-c3c4ccccc4c(-c4ccc(-c5ccccc5)cc4)c4cc(-c5cc6ncccc6c6ccccc56)ccc34)cc2)cc1.c1ccc2c(-c3ccc(-n4c5ccccc5c5ccccc54)cc3)c3cc(-c4cc5ncccc5c5ccccc45)ccc3c(-c3ccc(-n4c5ccccc5c5ccccc54)cc3)c2c1. The van der Waals surface area contributed by atoms with Crippen LogP contribution in [0.25, 0.3) is 230 Å². The normalized spacial score (nSPS) is 11.7. The average Bonchev–Trinajstić information content (AvgIpc) is 0.954. The van der Waals surface area contributed by atoms with E-state index in [1.165, 1.54) is 202 Å². The molecule has 4 aromatic heterocycles. The van der Waals surface area contributed by atoms with E-state index in [1.54, 1.807) is 0 Å². The Balaban J connectivity index is 0.000000143. The molecule has 0 aliphatic rings. The fourth-order valence-corrected chi connectivity index (χ4v) is 19.1. The summed E-state index contributed by atoms with van der Waals surface area (Å²) in [6, 6.07) is 155. The van der Waals surface area contributed by atoms with Crippen LogP contribution in [0.4, 0.5) is 0 Å². The summed E-state index contributed by atoms with van der Waals surface area (Å²) in [6.45, 7) is 0. The highest BCUT2D eigenvalue weighted by Crippen LogP contribution is 2.50. The molecule has 0 saturated carbocycles. The molecule has 0 radical (unpaired) electrons. The standard InChI is InChI=1S/C63H39N3.C51H33N/c1-2-15-46-45(14-1)47-22-13-37-64-57(47)39-55(46)42-31-36-54-56(38-42)63(41-29-34-44(35-30-41)66-60-25-11-7-18-50(60)51-19-8-12-26-61(51)66)53-21-4-3-20-52(53)62(54)40-27-32-43(33-28-40)65-58-23-9-5-16-48(58)49-17-6-10-24-59(49)65;1-3-12-34(13-4-1)36-21-25-38(26-22-36)50-44-18-9-10-19-45(44)51(39-27-23-37(24-28-39)35-14-5-2-6-15-35)48-32-40(29-30-46(48)50)47-33-49-43(20-11-31-52-49)41-16-7-8-17-42(41)47/h1-39H;1-33H. The monoisotopic (exact) mass is 1500 g/mol. The predicted molar refractivity (Wildman–Crippen MR) is 501 cm³/mol. The van der Waals surface area contributed by atoms with Crippen molar-refractivity contribution in [3.63, 3.8) is 0 Å². The molecule has 24 aromatic rings. The van der Waals surface area contributed by atoms with Crippen molar-refractivity contribution in [1.82, 2.24) is 19.1 Å². The van der Waals surface area contributed by atoms with Gasteiger partial charge in [-0.1, -0.05) is 340 Å². The molecule has 0 aliphatic carbocycles. The van der Waals surface area contributed by atoms with E-state index in [0.29, 0.717) is 0 Å². The third kappa shape index (κ3) is 11.3. The molecule has 24 rings (SSSR count). The zero-order valence-corrected chi connectivity index (χ0v) is 64.4. The lowest BCUT2D eigenvalue weighted by Crippen LogP contribution is -1.96.